The zero-order valence-electron chi connectivity index (χ0n) is 13.3. The molecule has 128 valence electrons. The van der Waals surface area contributed by atoms with E-state index < -0.39 is 24.1 Å². The molecule has 2 N–H and O–H groups in total. The summed E-state index contributed by atoms with van der Waals surface area (Å²) in [7, 11) is 0. The van der Waals surface area contributed by atoms with E-state index in [2.05, 4.69) is 10.4 Å². The lowest BCUT2D eigenvalue weighted by Gasteiger charge is -2.22. The van der Waals surface area contributed by atoms with Crippen LogP contribution >= 0.6 is 11.6 Å². The molecule has 2 unspecified atom stereocenters. The Morgan fingerprint density at radius 1 is 1.38 bits per heavy atom. The third-order valence-corrected chi connectivity index (χ3v) is 3.98. The Morgan fingerprint density at radius 3 is 2.58 bits per heavy atom. The van der Waals surface area contributed by atoms with Crippen LogP contribution in [-0.2, 0) is 16.1 Å². The van der Waals surface area contributed by atoms with E-state index in [9.17, 15) is 14.7 Å². The highest BCUT2D eigenvalue weighted by Crippen LogP contribution is 2.20. The summed E-state index contributed by atoms with van der Waals surface area (Å²) in [6.07, 6.45) is 0.619. The maximum absolute atomic E-state index is 11.9. The number of hydrogen-bond donors (Lipinski definition) is 2. The number of nitrogens with zero attached hydrogens (tertiary/aromatic N) is 2. The van der Waals surface area contributed by atoms with Crippen LogP contribution in [0.4, 0.5) is 4.79 Å². The second-order valence-corrected chi connectivity index (χ2v) is 5.69. The highest BCUT2D eigenvalue weighted by atomic mass is 35.5. The third kappa shape index (κ3) is 4.26. The van der Waals surface area contributed by atoms with Crippen molar-refractivity contribution in [2.24, 2.45) is 0 Å². The molecule has 0 spiro atoms. The van der Waals surface area contributed by atoms with Crippen molar-refractivity contribution in [2.45, 2.75) is 32.5 Å². The van der Waals surface area contributed by atoms with Crippen molar-refractivity contribution in [3.8, 4) is 0 Å². The SMILES string of the molecule is Cc1c(Cl)cnn1C(C)C(NC(=O)OCc1ccccc1)C(=O)O. The van der Waals surface area contributed by atoms with Gasteiger partial charge in [0.15, 0.2) is 6.04 Å². The molecule has 0 radical (unpaired) electrons. The molecule has 8 heteroatoms. The highest BCUT2D eigenvalue weighted by molar-refractivity contribution is 6.31. The predicted octanol–water partition coefficient (Wildman–Crippen LogP) is 2.79. The van der Waals surface area contributed by atoms with Crippen LogP contribution in [0.2, 0.25) is 5.02 Å². The fourth-order valence-corrected chi connectivity index (χ4v) is 2.36. The Morgan fingerprint density at radius 2 is 2.04 bits per heavy atom. The van der Waals surface area contributed by atoms with Crippen molar-refractivity contribution in [3.63, 3.8) is 0 Å². The number of carboxylic acid groups (broad SMARTS) is 1. The quantitative estimate of drug-likeness (QED) is 0.834. The number of aromatic nitrogens is 2. The zero-order valence-corrected chi connectivity index (χ0v) is 14.0. The molecular weight excluding hydrogens is 334 g/mol. The molecule has 24 heavy (non-hydrogen) atoms. The first kappa shape index (κ1) is 17.8. The minimum Gasteiger partial charge on any atom is -0.480 e. The standard InChI is InChI=1S/C16H18ClN3O4/c1-10-13(17)8-18-20(10)11(2)14(15(21)22)19-16(23)24-9-12-6-4-3-5-7-12/h3-8,11,14H,9H2,1-2H3,(H,19,23)(H,21,22). The molecule has 0 aliphatic carbocycles. The van der Waals surface area contributed by atoms with Gasteiger partial charge in [0.2, 0.25) is 0 Å². The Kier molecular flexibility index (Phi) is 5.81. The summed E-state index contributed by atoms with van der Waals surface area (Å²) in [5.74, 6) is -1.19. The molecule has 1 aromatic heterocycles. The molecule has 0 bridgehead atoms. The van der Waals surface area contributed by atoms with E-state index in [-0.39, 0.29) is 6.61 Å². The van der Waals surface area contributed by atoms with E-state index in [1.807, 2.05) is 18.2 Å². The Hall–Kier alpha value is -2.54. The van der Waals surface area contributed by atoms with E-state index >= 15 is 0 Å². The summed E-state index contributed by atoms with van der Waals surface area (Å²) in [5.41, 5.74) is 1.43. The number of halogens is 1. The van der Waals surface area contributed by atoms with Crippen LogP contribution < -0.4 is 5.32 Å². The van der Waals surface area contributed by atoms with E-state index in [1.165, 1.54) is 10.9 Å². The number of nitrogens with one attached hydrogen (secondary N) is 1. The van der Waals surface area contributed by atoms with Gasteiger partial charge in [-0.3, -0.25) is 4.68 Å². The largest absolute Gasteiger partial charge is 0.480 e. The second kappa shape index (κ2) is 7.83. The maximum atomic E-state index is 11.9. The Labute approximate surface area is 144 Å². The van der Waals surface area contributed by atoms with E-state index in [4.69, 9.17) is 16.3 Å². The first-order valence-electron chi connectivity index (χ1n) is 7.29. The molecule has 0 aliphatic rings. The minimum atomic E-state index is -1.21. The van der Waals surface area contributed by atoms with Gasteiger partial charge in [-0.25, -0.2) is 9.59 Å². The van der Waals surface area contributed by atoms with Crippen molar-refractivity contribution < 1.29 is 19.4 Å². The van der Waals surface area contributed by atoms with Crippen LogP contribution in [0.5, 0.6) is 0 Å². The molecule has 0 saturated carbocycles. The number of rotatable bonds is 6. The summed E-state index contributed by atoms with van der Waals surface area (Å²) in [5, 5.41) is 16.2. The average Bonchev–Trinajstić information content (AvgIpc) is 2.90. The van der Waals surface area contributed by atoms with Gasteiger partial charge < -0.3 is 15.2 Å². The average molecular weight is 352 g/mol. The highest BCUT2D eigenvalue weighted by Gasteiger charge is 2.30. The van der Waals surface area contributed by atoms with Gasteiger partial charge in [0.1, 0.15) is 6.61 Å². The first-order valence-corrected chi connectivity index (χ1v) is 7.67. The van der Waals surface area contributed by atoms with Crippen LogP contribution in [0.25, 0.3) is 0 Å². The predicted molar refractivity (Wildman–Crippen MR) is 87.9 cm³/mol. The van der Waals surface area contributed by atoms with Gasteiger partial charge in [-0.2, -0.15) is 5.10 Å². The summed E-state index contributed by atoms with van der Waals surface area (Å²) in [6, 6.07) is 7.26. The van der Waals surface area contributed by atoms with Crippen molar-refractivity contribution in [1.29, 1.82) is 0 Å². The van der Waals surface area contributed by atoms with Crippen LogP contribution in [-0.4, -0.2) is 33.0 Å². The molecule has 1 aromatic carbocycles. The fourth-order valence-electron chi connectivity index (χ4n) is 2.23. The van der Waals surface area contributed by atoms with Gasteiger partial charge in [0.05, 0.1) is 23.0 Å². The summed E-state index contributed by atoms with van der Waals surface area (Å²) < 4.78 is 6.52. The second-order valence-electron chi connectivity index (χ2n) is 5.29. The lowest BCUT2D eigenvalue weighted by Crippen LogP contribution is -2.46. The number of amides is 1. The van der Waals surface area contributed by atoms with E-state index in [1.54, 1.807) is 26.0 Å². The molecule has 2 aromatic rings. The molecule has 0 saturated heterocycles. The van der Waals surface area contributed by atoms with Gasteiger partial charge in [0, 0.05) is 0 Å². The van der Waals surface area contributed by atoms with Crippen LogP contribution in [0, 0.1) is 6.92 Å². The molecule has 2 rings (SSSR count). The number of hydrogen-bond acceptors (Lipinski definition) is 4. The lowest BCUT2D eigenvalue weighted by molar-refractivity contribution is -0.140. The van der Waals surface area contributed by atoms with Crippen molar-refractivity contribution in [1.82, 2.24) is 15.1 Å². The molecule has 0 fully saturated rings. The molecule has 7 nitrogen and oxygen atoms in total. The zero-order chi connectivity index (χ0) is 17.7. The summed E-state index contributed by atoms with van der Waals surface area (Å²) in [4.78, 5) is 23.4. The van der Waals surface area contributed by atoms with Crippen molar-refractivity contribution in [3.05, 3.63) is 52.8 Å². The van der Waals surface area contributed by atoms with Gasteiger partial charge in [-0.1, -0.05) is 41.9 Å². The lowest BCUT2D eigenvalue weighted by atomic mass is 10.1. The van der Waals surface area contributed by atoms with Crippen LogP contribution in [0.1, 0.15) is 24.2 Å². The smallest absolute Gasteiger partial charge is 0.408 e. The number of carbonyl (C=O) groups excluding carboxylic acids is 1. The van der Waals surface area contributed by atoms with Gasteiger partial charge in [-0.05, 0) is 19.4 Å². The normalized spacial score (nSPS) is 13.1. The number of aliphatic carboxylic acids is 1. The van der Waals surface area contributed by atoms with E-state index in [0.717, 1.165) is 5.56 Å². The Bertz CT molecular complexity index is 717. The minimum absolute atomic E-state index is 0.0556. The molecule has 1 amide bonds. The van der Waals surface area contributed by atoms with Crippen LogP contribution in [0.15, 0.2) is 36.5 Å². The van der Waals surface area contributed by atoms with Gasteiger partial charge >= 0.3 is 12.1 Å². The first-order chi connectivity index (χ1) is 11.4. The van der Waals surface area contributed by atoms with Crippen molar-refractivity contribution >= 4 is 23.7 Å². The number of ether oxygens (including phenoxy) is 1. The summed E-state index contributed by atoms with van der Waals surface area (Å²) >= 11 is 5.94. The fraction of sp³-hybridized carbons (Fsp3) is 0.312. The molecule has 0 aliphatic heterocycles. The monoisotopic (exact) mass is 351 g/mol. The van der Waals surface area contributed by atoms with Crippen molar-refractivity contribution in [2.75, 3.05) is 0 Å². The maximum Gasteiger partial charge on any atom is 0.408 e. The molecule has 1 heterocycles. The van der Waals surface area contributed by atoms with Crippen LogP contribution in [0.3, 0.4) is 0 Å². The van der Waals surface area contributed by atoms with Gasteiger partial charge in [-0.15, -0.1) is 0 Å². The van der Waals surface area contributed by atoms with Gasteiger partial charge in [0.25, 0.3) is 0 Å². The van der Waals surface area contributed by atoms with E-state index in [0.29, 0.717) is 10.7 Å². The third-order valence-electron chi connectivity index (χ3n) is 3.61. The summed E-state index contributed by atoms with van der Waals surface area (Å²) in [6.45, 7) is 3.41. The number of carboxylic acids is 1. The topological polar surface area (TPSA) is 93.5 Å². The number of alkyl carbamates (subject to hydrolysis) is 1. The molecular formula is C16H18ClN3O4. The number of benzene rings is 1. The molecule has 2 atom stereocenters. The number of carbonyl (C=O) groups is 2. The Balaban J connectivity index is 2.01.